The summed E-state index contributed by atoms with van der Waals surface area (Å²) in [4.78, 5) is 41.6. The van der Waals surface area contributed by atoms with Gasteiger partial charge < -0.3 is 20.1 Å². The minimum absolute atomic E-state index is 0.0708. The number of nitrogens with one attached hydrogen (secondary N) is 1. The maximum atomic E-state index is 13.9. The van der Waals surface area contributed by atoms with Crippen LogP contribution >= 0.6 is 11.6 Å². The van der Waals surface area contributed by atoms with Crippen LogP contribution in [0.5, 0.6) is 5.75 Å². The zero-order chi connectivity index (χ0) is 32.8. The number of carboxylic acids is 1. The molecule has 1 saturated carbocycles. The van der Waals surface area contributed by atoms with E-state index in [4.69, 9.17) is 16.3 Å². The average molecular weight is 651 g/mol. The molecule has 1 fully saturated rings. The van der Waals surface area contributed by atoms with Gasteiger partial charge in [-0.2, -0.15) is 0 Å². The number of ether oxygens (including phenoxy) is 1. The molecule has 0 bridgehead atoms. The maximum absolute atomic E-state index is 13.9. The van der Waals surface area contributed by atoms with Crippen molar-refractivity contribution in [2.75, 3.05) is 0 Å². The van der Waals surface area contributed by atoms with Gasteiger partial charge in [0.25, 0.3) is 0 Å². The van der Waals surface area contributed by atoms with Crippen LogP contribution in [0.1, 0.15) is 54.4 Å². The highest BCUT2D eigenvalue weighted by molar-refractivity contribution is 6.30. The molecule has 2 amide bonds. The van der Waals surface area contributed by atoms with Gasteiger partial charge in [-0.25, -0.2) is 4.79 Å². The number of aliphatic carboxylic acids is 1. The number of nitrogens with zero attached hydrogens (tertiary/aromatic N) is 1. The third-order valence-corrected chi connectivity index (χ3v) is 9.56. The summed E-state index contributed by atoms with van der Waals surface area (Å²) in [6, 6.07) is 28.9. The Morgan fingerprint density at radius 2 is 1.53 bits per heavy atom. The second-order valence-corrected chi connectivity index (χ2v) is 13.0. The molecule has 4 aromatic rings. The van der Waals surface area contributed by atoms with Gasteiger partial charge in [0.1, 0.15) is 24.4 Å². The molecular weight excluding hydrogens is 612 g/mol. The molecule has 1 aliphatic heterocycles. The molecule has 1 aliphatic carbocycles. The van der Waals surface area contributed by atoms with Gasteiger partial charge in [0, 0.05) is 30.8 Å². The van der Waals surface area contributed by atoms with Crippen molar-refractivity contribution in [1.82, 2.24) is 10.2 Å². The Morgan fingerprint density at radius 1 is 0.851 bits per heavy atom. The lowest BCUT2D eigenvalue weighted by atomic mass is 9.91. The largest absolute Gasteiger partial charge is 0.489 e. The molecule has 0 spiro atoms. The van der Waals surface area contributed by atoms with E-state index in [1.54, 1.807) is 4.90 Å². The number of carbonyl (C=O) groups is 3. The predicted molar refractivity (Wildman–Crippen MR) is 182 cm³/mol. The Morgan fingerprint density at radius 3 is 2.23 bits per heavy atom. The third-order valence-electron chi connectivity index (χ3n) is 9.30. The minimum Gasteiger partial charge on any atom is -0.489 e. The number of hydrogen-bond donors (Lipinski definition) is 2. The Bertz CT molecular complexity index is 1700. The zero-order valence-corrected chi connectivity index (χ0v) is 27.0. The molecule has 1 heterocycles. The lowest BCUT2D eigenvalue weighted by Crippen LogP contribution is -2.56. The molecule has 0 unspecified atom stereocenters. The van der Waals surface area contributed by atoms with Crippen molar-refractivity contribution >= 4 is 29.4 Å². The fourth-order valence-corrected chi connectivity index (χ4v) is 6.77. The molecule has 0 aromatic heterocycles. The first-order chi connectivity index (χ1) is 22.8. The van der Waals surface area contributed by atoms with Gasteiger partial charge in [0.15, 0.2) is 0 Å². The Kier molecular flexibility index (Phi) is 10.2. The number of benzene rings is 4. The molecule has 242 valence electrons. The highest BCUT2D eigenvalue weighted by Crippen LogP contribution is 2.32. The normalized spacial score (nSPS) is 16.7. The molecule has 2 aliphatic rings. The molecule has 2 atom stereocenters. The molecule has 4 aromatic carbocycles. The van der Waals surface area contributed by atoms with Crippen molar-refractivity contribution in [2.45, 2.75) is 70.2 Å². The number of carboxylic acid groups (broad SMARTS) is 1. The first-order valence-electron chi connectivity index (χ1n) is 16.3. The van der Waals surface area contributed by atoms with Gasteiger partial charge in [0.2, 0.25) is 11.8 Å². The van der Waals surface area contributed by atoms with E-state index in [1.807, 2.05) is 97.1 Å². The van der Waals surface area contributed by atoms with Crippen molar-refractivity contribution in [3.8, 4) is 16.9 Å². The van der Waals surface area contributed by atoms with Crippen LogP contribution in [0.4, 0.5) is 0 Å². The van der Waals surface area contributed by atoms with Crippen LogP contribution in [0.25, 0.3) is 11.1 Å². The van der Waals surface area contributed by atoms with Gasteiger partial charge >= 0.3 is 5.97 Å². The number of amides is 2. The van der Waals surface area contributed by atoms with Gasteiger partial charge in [-0.3, -0.25) is 9.59 Å². The summed E-state index contributed by atoms with van der Waals surface area (Å²) >= 11 is 6.01. The molecular formula is C39H39ClN2O5. The molecule has 8 heteroatoms. The second-order valence-electron chi connectivity index (χ2n) is 12.6. The van der Waals surface area contributed by atoms with E-state index < -0.39 is 24.0 Å². The van der Waals surface area contributed by atoms with Crippen molar-refractivity contribution in [3.63, 3.8) is 0 Å². The second kappa shape index (κ2) is 14.9. The fourth-order valence-electron chi connectivity index (χ4n) is 6.64. The van der Waals surface area contributed by atoms with E-state index in [2.05, 4.69) is 5.32 Å². The SMILES string of the molecule is O=C(O)[C@H](Cc1ccc(-c2ccccc2)cc1)NC(=O)[C@@H]1Cc2ccc(OCc3ccc(Cl)cc3)cc2CN1C(=O)CC1CCCC1. The summed E-state index contributed by atoms with van der Waals surface area (Å²) in [6.07, 6.45) is 5.08. The predicted octanol–water partition coefficient (Wildman–Crippen LogP) is 7.23. The Labute approximate surface area is 280 Å². The maximum Gasteiger partial charge on any atom is 0.326 e. The quantitative estimate of drug-likeness (QED) is 0.179. The fraction of sp³-hybridized carbons (Fsp3) is 0.308. The third kappa shape index (κ3) is 8.22. The summed E-state index contributed by atoms with van der Waals surface area (Å²) in [5.41, 5.74) is 5.75. The number of hydrogen-bond acceptors (Lipinski definition) is 4. The lowest BCUT2D eigenvalue weighted by molar-refractivity contribution is -0.145. The van der Waals surface area contributed by atoms with Crippen LogP contribution in [0.3, 0.4) is 0 Å². The molecule has 0 saturated heterocycles. The van der Waals surface area contributed by atoms with Crippen LogP contribution in [-0.2, 0) is 40.4 Å². The average Bonchev–Trinajstić information content (AvgIpc) is 3.60. The molecule has 0 radical (unpaired) electrons. The van der Waals surface area contributed by atoms with E-state index in [9.17, 15) is 19.5 Å². The van der Waals surface area contributed by atoms with Crippen LogP contribution in [-0.4, -0.2) is 39.9 Å². The van der Waals surface area contributed by atoms with E-state index in [0.717, 1.165) is 59.1 Å². The number of carbonyl (C=O) groups excluding carboxylic acids is 2. The molecule has 2 N–H and O–H groups in total. The van der Waals surface area contributed by atoms with Gasteiger partial charge in [-0.05, 0) is 76.4 Å². The van der Waals surface area contributed by atoms with Gasteiger partial charge in [-0.1, -0.05) is 97.2 Å². The van der Waals surface area contributed by atoms with Gasteiger partial charge in [0.05, 0.1) is 0 Å². The number of rotatable bonds is 11. The molecule has 47 heavy (non-hydrogen) atoms. The summed E-state index contributed by atoms with van der Waals surface area (Å²) in [5, 5.41) is 13.5. The molecule has 6 rings (SSSR count). The topological polar surface area (TPSA) is 95.9 Å². The molecule has 7 nitrogen and oxygen atoms in total. The summed E-state index contributed by atoms with van der Waals surface area (Å²) in [6.45, 7) is 0.632. The summed E-state index contributed by atoms with van der Waals surface area (Å²) < 4.78 is 6.05. The minimum atomic E-state index is -1.14. The van der Waals surface area contributed by atoms with Crippen molar-refractivity contribution < 1.29 is 24.2 Å². The summed E-state index contributed by atoms with van der Waals surface area (Å²) in [7, 11) is 0. The highest BCUT2D eigenvalue weighted by Gasteiger charge is 2.37. The van der Waals surface area contributed by atoms with Crippen molar-refractivity contribution in [1.29, 1.82) is 0 Å². The monoisotopic (exact) mass is 650 g/mol. The summed E-state index contributed by atoms with van der Waals surface area (Å²) in [5.74, 6) is -0.653. The van der Waals surface area contributed by atoms with Crippen LogP contribution < -0.4 is 10.1 Å². The van der Waals surface area contributed by atoms with E-state index in [1.165, 1.54) is 0 Å². The van der Waals surface area contributed by atoms with E-state index >= 15 is 0 Å². The first-order valence-corrected chi connectivity index (χ1v) is 16.7. The Hall–Kier alpha value is -4.62. The Balaban J connectivity index is 1.17. The van der Waals surface area contributed by atoms with Gasteiger partial charge in [-0.15, -0.1) is 0 Å². The van der Waals surface area contributed by atoms with Crippen LogP contribution in [0, 0.1) is 5.92 Å². The van der Waals surface area contributed by atoms with E-state index in [-0.39, 0.29) is 18.9 Å². The standard InChI is InChI=1S/C39H39ClN2O5/c40-33-17-12-28(13-18-33)25-47-34-19-16-31-23-36(42(24-32(31)22-34)37(43)21-26-6-4-5-7-26)38(44)41-35(39(45)46)20-27-10-14-30(15-11-27)29-8-2-1-3-9-29/h1-3,8-19,22,26,35-36H,4-7,20-21,23-25H2,(H,41,44)(H,45,46)/t35-,36-/m0/s1. The van der Waals surface area contributed by atoms with E-state index in [0.29, 0.717) is 36.1 Å². The lowest BCUT2D eigenvalue weighted by Gasteiger charge is -2.37. The van der Waals surface area contributed by atoms with Crippen LogP contribution in [0.15, 0.2) is 97.1 Å². The van der Waals surface area contributed by atoms with Crippen molar-refractivity contribution in [3.05, 3.63) is 124 Å². The smallest absolute Gasteiger partial charge is 0.326 e. The number of halogens is 1. The highest BCUT2D eigenvalue weighted by atomic mass is 35.5. The number of fused-ring (bicyclic) bond motifs is 1. The zero-order valence-electron chi connectivity index (χ0n) is 26.2. The first kappa shape index (κ1) is 32.3. The van der Waals surface area contributed by atoms with Crippen molar-refractivity contribution in [2.24, 2.45) is 5.92 Å². The van der Waals surface area contributed by atoms with Crippen LogP contribution in [0.2, 0.25) is 5.02 Å².